The van der Waals surface area contributed by atoms with E-state index in [4.69, 9.17) is 0 Å². The second-order valence-electron chi connectivity index (χ2n) is 6.39. The van der Waals surface area contributed by atoms with Crippen molar-refractivity contribution in [1.29, 1.82) is 0 Å². The summed E-state index contributed by atoms with van der Waals surface area (Å²) >= 11 is 0. The molecule has 2 N–H and O–H groups in total. The first kappa shape index (κ1) is 15.7. The van der Waals surface area contributed by atoms with E-state index in [0.717, 1.165) is 39.1 Å². The summed E-state index contributed by atoms with van der Waals surface area (Å²) < 4.78 is 15.5. The topological polar surface area (TPSA) is 87.5 Å². The van der Waals surface area contributed by atoms with Crippen molar-refractivity contribution in [1.82, 2.24) is 29.7 Å². The minimum atomic E-state index is -0.216. The Morgan fingerprint density at radius 3 is 2.96 bits per heavy atom. The lowest BCUT2D eigenvalue weighted by Crippen LogP contribution is -2.35. The van der Waals surface area contributed by atoms with Crippen LogP contribution >= 0.6 is 0 Å². The number of aromatic amines is 2. The highest BCUT2D eigenvalue weighted by Gasteiger charge is 2.17. The fraction of sp³-hybridized carbons (Fsp3) is 0.158. The molecule has 0 bridgehead atoms. The van der Waals surface area contributed by atoms with Gasteiger partial charge in [0.2, 0.25) is 0 Å². The van der Waals surface area contributed by atoms with Crippen LogP contribution in [0.3, 0.4) is 0 Å². The van der Waals surface area contributed by atoms with Crippen molar-refractivity contribution in [2.75, 3.05) is 0 Å². The number of aliphatic imine (C=N–C) groups is 1. The molecule has 0 unspecified atom stereocenters. The third-order valence-corrected chi connectivity index (χ3v) is 4.74. The van der Waals surface area contributed by atoms with Crippen molar-refractivity contribution in [3.63, 3.8) is 0 Å². The van der Waals surface area contributed by atoms with E-state index in [9.17, 15) is 4.39 Å². The van der Waals surface area contributed by atoms with Gasteiger partial charge >= 0.3 is 0 Å². The molecule has 0 saturated heterocycles. The van der Waals surface area contributed by atoms with Crippen LogP contribution in [0.4, 0.5) is 10.2 Å². The third-order valence-electron chi connectivity index (χ3n) is 4.74. The highest BCUT2D eigenvalue weighted by Crippen LogP contribution is 2.28. The normalized spacial score (nSPS) is 20.0. The Kier molecular flexibility index (Phi) is 3.67. The van der Waals surface area contributed by atoms with Gasteiger partial charge in [0.15, 0.2) is 0 Å². The summed E-state index contributed by atoms with van der Waals surface area (Å²) in [7, 11) is 0. The number of rotatable bonds is 2. The molecular weight excluding hydrogens is 345 g/mol. The minimum Gasteiger partial charge on any atom is -0.346 e. The zero-order chi connectivity index (χ0) is 18.2. The summed E-state index contributed by atoms with van der Waals surface area (Å²) in [5, 5.41) is 8.67. The highest BCUT2D eigenvalue weighted by atomic mass is 19.1. The van der Waals surface area contributed by atoms with Gasteiger partial charge in [0, 0.05) is 24.4 Å². The molecular formula is C19H16FN7. The molecule has 4 heterocycles. The fourth-order valence-corrected chi connectivity index (χ4v) is 3.49. The number of nitrogens with one attached hydrogen (secondary N) is 2. The van der Waals surface area contributed by atoms with Crippen molar-refractivity contribution in [2.45, 2.75) is 19.4 Å². The van der Waals surface area contributed by atoms with Crippen LogP contribution in [-0.2, 0) is 6.54 Å². The lowest BCUT2D eigenvalue weighted by molar-refractivity contribution is 0.661. The van der Waals surface area contributed by atoms with Gasteiger partial charge in [-0.25, -0.2) is 19.4 Å². The Morgan fingerprint density at radius 2 is 2.15 bits per heavy atom. The smallest absolute Gasteiger partial charge is 0.144 e. The molecule has 0 saturated carbocycles. The van der Waals surface area contributed by atoms with Crippen molar-refractivity contribution in [3.05, 3.63) is 71.1 Å². The third kappa shape index (κ3) is 2.75. The zero-order valence-electron chi connectivity index (χ0n) is 14.4. The molecule has 0 amide bonds. The Bertz CT molecular complexity index is 1210. The number of imidazole rings is 1. The van der Waals surface area contributed by atoms with E-state index in [0.29, 0.717) is 19.4 Å². The van der Waals surface area contributed by atoms with E-state index in [1.165, 1.54) is 12.4 Å². The van der Waals surface area contributed by atoms with Crippen LogP contribution in [0.1, 0.15) is 24.2 Å². The van der Waals surface area contributed by atoms with Gasteiger partial charge in [-0.3, -0.25) is 5.10 Å². The average Bonchev–Trinajstić information content (AvgIpc) is 3.43. The molecule has 0 spiro atoms. The average molecular weight is 361 g/mol. The quantitative estimate of drug-likeness (QED) is 0.727. The number of fused-ring (bicyclic) bond motifs is 1. The van der Waals surface area contributed by atoms with Crippen LogP contribution in [0.5, 0.6) is 0 Å². The summed E-state index contributed by atoms with van der Waals surface area (Å²) in [6.45, 7) is 0.518. The first-order valence-electron chi connectivity index (χ1n) is 8.65. The summed E-state index contributed by atoms with van der Waals surface area (Å²) in [6, 6.07) is 2.03. The number of aromatic nitrogens is 6. The fourth-order valence-electron chi connectivity index (χ4n) is 3.49. The van der Waals surface area contributed by atoms with Crippen LogP contribution < -0.4 is 10.7 Å². The van der Waals surface area contributed by atoms with Crippen LogP contribution in [0.2, 0.25) is 0 Å². The first-order valence-corrected chi connectivity index (χ1v) is 8.65. The molecule has 0 radical (unpaired) electrons. The van der Waals surface area contributed by atoms with Crippen LogP contribution in [0, 0.1) is 0 Å². The first-order chi connectivity index (χ1) is 13.3. The van der Waals surface area contributed by atoms with Gasteiger partial charge < -0.3 is 9.55 Å². The molecule has 1 aliphatic carbocycles. The molecule has 27 heavy (non-hydrogen) atoms. The van der Waals surface area contributed by atoms with Gasteiger partial charge in [0.25, 0.3) is 0 Å². The van der Waals surface area contributed by atoms with Crippen molar-refractivity contribution in [2.24, 2.45) is 4.99 Å². The second-order valence-corrected chi connectivity index (χ2v) is 6.39. The van der Waals surface area contributed by atoms with Crippen LogP contribution in [-0.4, -0.2) is 35.9 Å². The lowest BCUT2D eigenvalue weighted by Gasteiger charge is -2.11. The standard InChI is InChI=1S/C19H16FN7/c20-13-3-1-12(2-4-13)17-18(14-5-7-21-19-15(14)6-8-22-19)27(11-24-17)9-16-23-10-25-26-16/h1,3-4,6-8,10-11,22H,2,5,9H2,(H,23,25,26). The maximum atomic E-state index is 13.4. The second kappa shape index (κ2) is 6.31. The molecule has 134 valence electrons. The van der Waals surface area contributed by atoms with E-state index >= 15 is 0 Å². The summed E-state index contributed by atoms with van der Waals surface area (Å²) in [6.07, 6.45) is 13.1. The predicted molar refractivity (Wildman–Crippen MR) is 99.4 cm³/mol. The summed E-state index contributed by atoms with van der Waals surface area (Å²) in [5.41, 5.74) is 3.17. The van der Waals surface area contributed by atoms with Gasteiger partial charge in [0.1, 0.15) is 23.8 Å². The van der Waals surface area contributed by atoms with Crippen LogP contribution in [0.25, 0.3) is 11.1 Å². The maximum Gasteiger partial charge on any atom is 0.144 e. The Balaban J connectivity index is 1.79. The molecule has 8 heteroatoms. The zero-order valence-corrected chi connectivity index (χ0v) is 14.4. The monoisotopic (exact) mass is 361 g/mol. The molecule has 0 atom stereocenters. The molecule has 3 aromatic heterocycles. The van der Waals surface area contributed by atoms with Gasteiger partial charge in [-0.1, -0.05) is 6.08 Å². The predicted octanol–water partition coefficient (Wildman–Crippen LogP) is 1.65. The van der Waals surface area contributed by atoms with Gasteiger partial charge in [-0.15, -0.1) is 0 Å². The molecule has 2 aliphatic rings. The Morgan fingerprint density at radius 1 is 1.19 bits per heavy atom. The van der Waals surface area contributed by atoms with Crippen LogP contribution in [0.15, 0.2) is 54.0 Å². The van der Waals surface area contributed by atoms with E-state index in [1.54, 1.807) is 18.5 Å². The number of halogens is 1. The molecule has 5 rings (SSSR count). The number of hydrogen-bond acceptors (Lipinski definition) is 4. The minimum absolute atomic E-state index is 0.216. The van der Waals surface area contributed by atoms with Gasteiger partial charge in [-0.2, -0.15) is 5.10 Å². The summed E-state index contributed by atoms with van der Waals surface area (Å²) in [4.78, 5) is 16.5. The molecule has 0 fully saturated rings. The van der Waals surface area contributed by atoms with E-state index in [2.05, 4.69) is 34.7 Å². The number of allylic oxidation sites excluding steroid dienone is 4. The SMILES string of the molecule is FC1=CCC(=c2ncn(Cc3ncn[nH]3)c2=C2CC=Nc3[nH]ccc32)C=C1. The number of hydrogen-bond donors (Lipinski definition) is 2. The Labute approximate surface area is 153 Å². The van der Waals surface area contributed by atoms with E-state index in [1.807, 2.05) is 18.5 Å². The molecule has 7 nitrogen and oxygen atoms in total. The summed E-state index contributed by atoms with van der Waals surface area (Å²) in [5.74, 6) is 1.37. The lowest BCUT2D eigenvalue weighted by atomic mass is 10.0. The van der Waals surface area contributed by atoms with Crippen molar-refractivity contribution < 1.29 is 4.39 Å². The molecule has 3 aromatic rings. The van der Waals surface area contributed by atoms with E-state index < -0.39 is 0 Å². The van der Waals surface area contributed by atoms with Crippen molar-refractivity contribution in [3.8, 4) is 0 Å². The number of H-pyrrole nitrogens is 2. The molecule has 0 aromatic carbocycles. The van der Waals surface area contributed by atoms with Crippen molar-refractivity contribution >= 4 is 23.2 Å². The Hall–Kier alpha value is -3.55. The molecule has 1 aliphatic heterocycles. The number of nitrogens with zero attached hydrogens (tertiary/aromatic N) is 5. The van der Waals surface area contributed by atoms with Gasteiger partial charge in [-0.05, 0) is 35.8 Å². The largest absolute Gasteiger partial charge is 0.346 e. The van der Waals surface area contributed by atoms with Gasteiger partial charge in [0.05, 0.1) is 23.6 Å². The highest BCUT2D eigenvalue weighted by molar-refractivity contribution is 5.88. The van der Waals surface area contributed by atoms with E-state index in [-0.39, 0.29) is 5.83 Å². The maximum absolute atomic E-state index is 13.4.